The molecular weight excluding hydrogens is 408 g/mol. The third-order valence-corrected chi connectivity index (χ3v) is 10.8. The molecule has 1 saturated carbocycles. The molecule has 33 heavy (non-hydrogen) atoms. The fourth-order valence-corrected chi connectivity index (χ4v) is 7.84. The number of aliphatic hydroxyl groups is 1. The van der Waals surface area contributed by atoms with Gasteiger partial charge in [-0.3, -0.25) is 4.79 Å². The highest BCUT2D eigenvalue weighted by molar-refractivity contribution is 5.80. The monoisotopic (exact) mass is 456 g/mol. The molecule has 1 saturated heterocycles. The lowest BCUT2D eigenvalue weighted by Crippen LogP contribution is -2.45. The van der Waals surface area contributed by atoms with Gasteiger partial charge in [0, 0.05) is 12.3 Å². The van der Waals surface area contributed by atoms with Crippen LogP contribution in [0, 0.1) is 34.0 Å². The highest BCUT2D eigenvalue weighted by Gasteiger charge is 2.60. The van der Waals surface area contributed by atoms with E-state index in [0.717, 1.165) is 31.6 Å². The van der Waals surface area contributed by atoms with Gasteiger partial charge in [-0.2, -0.15) is 0 Å². The van der Waals surface area contributed by atoms with Crippen LogP contribution in [-0.4, -0.2) is 29.2 Å². The molecule has 186 valence electrons. The van der Waals surface area contributed by atoms with Crippen LogP contribution in [0.15, 0.2) is 23.3 Å². The zero-order chi connectivity index (χ0) is 24.2. The predicted octanol–water partition coefficient (Wildman–Crippen LogP) is 7.04. The maximum atomic E-state index is 12.4. The Morgan fingerprint density at radius 3 is 2.48 bits per heavy atom. The SMILES string of the molecule is CC(C)C(=O)CCC1(C)CCC=C2C1=CCC1(C)C(C(C)CCC3OC3(C)CO)CCC21C. The van der Waals surface area contributed by atoms with E-state index in [4.69, 9.17) is 4.74 Å². The second-order valence-corrected chi connectivity index (χ2v) is 13.2. The molecule has 2 fully saturated rings. The molecular formula is C30H48O3. The van der Waals surface area contributed by atoms with E-state index in [9.17, 15) is 9.90 Å². The van der Waals surface area contributed by atoms with Crippen molar-refractivity contribution in [3.8, 4) is 0 Å². The van der Waals surface area contributed by atoms with Gasteiger partial charge in [0.15, 0.2) is 0 Å². The van der Waals surface area contributed by atoms with E-state index >= 15 is 0 Å². The fourth-order valence-electron chi connectivity index (χ4n) is 7.84. The van der Waals surface area contributed by atoms with Crippen LogP contribution in [0.3, 0.4) is 0 Å². The number of carbonyl (C=O) groups is 1. The summed E-state index contributed by atoms with van der Waals surface area (Å²) in [5, 5.41) is 9.53. The summed E-state index contributed by atoms with van der Waals surface area (Å²) in [6.45, 7) is 16.2. The molecule has 0 bridgehead atoms. The van der Waals surface area contributed by atoms with Gasteiger partial charge in [-0.1, -0.05) is 53.7 Å². The van der Waals surface area contributed by atoms with Crippen molar-refractivity contribution in [1.29, 1.82) is 0 Å². The fraction of sp³-hybridized carbons (Fsp3) is 0.833. The van der Waals surface area contributed by atoms with Gasteiger partial charge in [0.2, 0.25) is 0 Å². The minimum atomic E-state index is -0.287. The molecule has 3 heteroatoms. The van der Waals surface area contributed by atoms with Crippen molar-refractivity contribution in [2.75, 3.05) is 6.61 Å². The number of fused-ring (bicyclic) bond motifs is 3. The third kappa shape index (κ3) is 4.10. The smallest absolute Gasteiger partial charge is 0.135 e. The van der Waals surface area contributed by atoms with Crippen molar-refractivity contribution in [2.45, 2.75) is 118 Å². The predicted molar refractivity (Wildman–Crippen MR) is 135 cm³/mol. The number of hydrogen-bond acceptors (Lipinski definition) is 3. The van der Waals surface area contributed by atoms with Gasteiger partial charge in [0.25, 0.3) is 0 Å². The molecule has 0 aromatic rings. The second kappa shape index (κ2) is 8.63. The Labute approximate surface area is 202 Å². The van der Waals surface area contributed by atoms with Crippen molar-refractivity contribution < 1.29 is 14.6 Å². The molecule has 1 heterocycles. The van der Waals surface area contributed by atoms with Gasteiger partial charge < -0.3 is 9.84 Å². The van der Waals surface area contributed by atoms with Gasteiger partial charge >= 0.3 is 0 Å². The van der Waals surface area contributed by atoms with Gasteiger partial charge in [-0.15, -0.1) is 0 Å². The first-order valence-corrected chi connectivity index (χ1v) is 13.6. The quantitative estimate of drug-likeness (QED) is 0.379. The maximum absolute atomic E-state index is 12.4. The number of carbonyl (C=O) groups excluding carboxylic acids is 1. The summed E-state index contributed by atoms with van der Waals surface area (Å²) in [5.41, 5.74) is 3.57. The number of ether oxygens (including phenoxy) is 1. The van der Waals surface area contributed by atoms with Crippen LogP contribution in [0.2, 0.25) is 0 Å². The average Bonchev–Trinajstić information content (AvgIpc) is 3.34. The Morgan fingerprint density at radius 1 is 1.12 bits per heavy atom. The van der Waals surface area contributed by atoms with Gasteiger partial charge in [-0.05, 0) is 97.5 Å². The van der Waals surface area contributed by atoms with Crippen LogP contribution in [0.4, 0.5) is 0 Å². The van der Waals surface area contributed by atoms with Gasteiger partial charge in [-0.25, -0.2) is 0 Å². The van der Waals surface area contributed by atoms with Crippen LogP contribution >= 0.6 is 0 Å². The first-order chi connectivity index (χ1) is 15.4. The Kier molecular flexibility index (Phi) is 6.58. The lowest BCUT2D eigenvalue weighted by molar-refractivity contribution is -0.122. The van der Waals surface area contributed by atoms with Crippen molar-refractivity contribution in [3.05, 3.63) is 23.3 Å². The van der Waals surface area contributed by atoms with Crippen LogP contribution in [0.25, 0.3) is 0 Å². The summed E-state index contributed by atoms with van der Waals surface area (Å²) in [4.78, 5) is 12.4. The van der Waals surface area contributed by atoms with Crippen molar-refractivity contribution in [1.82, 2.24) is 0 Å². The van der Waals surface area contributed by atoms with Gasteiger partial charge in [0.05, 0.1) is 12.7 Å². The Balaban J connectivity index is 1.51. The Morgan fingerprint density at radius 2 is 1.85 bits per heavy atom. The van der Waals surface area contributed by atoms with E-state index in [2.05, 4.69) is 39.8 Å². The lowest BCUT2D eigenvalue weighted by atomic mass is 9.50. The highest BCUT2D eigenvalue weighted by Crippen LogP contribution is 2.69. The van der Waals surface area contributed by atoms with Crippen LogP contribution in [0.5, 0.6) is 0 Å². The zero-order valence-corrected chi connectivity index (χ0v) is 22.3. The summed E-state index contributed by atoms with van der Waals surface area (Å²) in [5.74, 6) is 1.93. The summed E-state index contributed by atoms with van der Waals surface area (Å²) in [6, 6.07) is 0. The number of epoxide rings is 1. The molecule has 7 unspecified atom stereocenters. The number of ketones is 1. The van der Waals surface area contributed by atoms with Crippen LogP contribution in [0.1, 0.15) is 106 Å². The Bertz CT molecular complexity index is 839. The molecule has 0 aromatic carbocycles. The third-order valence-electron chi connectivity index (χ3n) is 10.8. The molecule has 3 nitrogen and oxygen atoms in total. The topological polar surface area (TPSA) is 49.8 Å². The minimum Gasteiger partial charge on any atom is -0.393 e. The van der Waals surface area contributed by atoms with Crippen molar-refractivity contribution in [3.63, 3.8) is 0 Å². The first kappa shape index (κ1) is 25.2. The molecule has 3 aliphatic carbocycles. The van der Waals surface area contributed by atoms with Crippen LogP contribution < -0.4 is 0 Å². The molecule has 4 aliphatic rings. The summed E-state index contributed by atoms with van der Waals surface area (Å²) in [6.07, 6.45) is 15.4. The number of Topliss-reactive ketones (excluding diaryl/α,β-unsaturated/α-hetero) is 1. The van der Waals surface area contributed by atoms with E-state index in [-0.39, 0.29) is 35.1 Å². The maximum Gasteiger partial charge on any atom is 0.135 e. The molecule has 0 radical (unpaired) electrons. The number of aliphatic hydroxyl groups excluding tert-OH is 1. The minimum absolute atomic E-state index is 0.133. The average molecular weight is 457 g/mol. The normalized spacial score (nSPS) is 42.9. The molecule has 1 aliphatic heterocycles. The van der Waals surface area contributed by atoms with E-state index < -0.39 is 0 Å². The number of rotatable bonds is 9. The molecule has 0 spiro atoms. The molecule has 7 atom stereocenters. The van der Waals surface area contributed by atoms with Crippen LogP contribution in [-0.2, 0) is 9.53 Å². The summed E-state index contributed by atoms with van der Waals surface area (Å²) in [7, 11) is 0. The zero-order valence-electron chi connectivity index (χ0n) is 22.3. The Hall–Kier alpha value is -0.930. The largest absolute Gasteiger partial charge is 0.393 e. The van der Waals surface area contributed by atoms with Crippen molar-refractivity contribution in [2.24, 2.45) is 34.0 Å². The van der Waals surface area contributed by atoms with E-state index in [0.29, 0.717) is 23.5 Å². The van der Waals surface area contributed by atoms with Crippen molar-refractivity contribution >= 4 is 5.78 Å². The van der Waals surface area contributed by atoms with E-state index in [1.54, 1.807) is 11.1 Å². The number of allylic oxidation sites excluding steroid dienone is 4. The molecule has 0 amide bonds. The summed E-state index contributed by atoms with van der Waals surface area (Å²) >= 11 is 0. The molecule has 4 rings (SSSR count). The lowest BCUT2D eigenvalue weighted by Gasteiger charge is -2.54. The molecule has 0 aromatic heterocycles. The molecule has 1 N–H and O–H groups in total. The summed E-state index contributed by atoms with van der Waals surface area (Å²) < 4.78 is 5.77. The highest BCUT2D eigenvalue weighted by atomic mass is 16.6. The second-order valence-electron chi connectivity index (χ2n) is 13.2. The van der Waals surface area contributed by atoms with E-state index in [1.165, 1.54) is 25.7 Å². The number of hydrogen-bond donors (Lipinski definition) is 1. The van der Waals surface area contributed by atoms with E-state index in [1.807, 2.05) is 20.8 Å². The van der Waals surface area contributed by atoms with Gasteiger partial charge in [0.1, 0.15) is 11.4 Å². The standard InChI is InChI=1S/C30H48O3/c1-20(2)25(32)14-16-27(4)15-8-9-24-23(27)13-18-28(5)22(12-17-29(24,28)6)21(3)10-11-26-30(7,19-31)33-26/h9,13,20-22,26,31H,8,10-12,14-19H2,1-7H3. The first-order valence-electron chi connectivity index (χ1n) is 13.6.